The highest BCUT2D eigenvalue weighted by Crippen LogP contribution is 2.37. The van der Waals surface area contributed by atoms with Gasteiger partial charge in [-0.25, -0.2) is 9.59 Å². The average Bonchev–Trinajstić information content (AvgIpc) is 3.00. The van der Waals surface area contributed by atoms with Crippen LogP contribution in [0, 0.1) is 3.95 Å². The second-order valence-electron chi connectivity index (χ2n) is 6.78. The second kappa shape index (κ2) is 7.59. The summed E-state index contributed by atoms with van der Waals surface area (Å²) in [5.74, 6) is -1.73. The molecule has 0 saturated heterocycles. The van der Waals surface area contributed by atoms with Crippen LogP contribution in [0.25, 0.3) is 0 Å². The minimum atomic E-state index is -2.01. The molecule has 0 saturated carbocycles. The largest absolute Gasteiger partial charge is 0.466 e. The number of H-pyrrole nitrogens is 1. The molecule has 1 unspecified atom stereocenters. The third-order valence-electron chi connectivity index (χ3n) is 3.99. The summed E-state index contributed by atoms with van der Waals surface area (Å²) in [5.41, 5.74) is 5.93. The topological polar surface area (TPSA) is 110 Å². The number of nitrogens with two attached hydrogens (primary N) is 1. The van der Waals surface area contributed by atoms with Gasteiger partial charge in [0.25, 0.3) is 0 Å². The number of esters is 1. The molecule has 0 aliphatic heterocycles. The van der Waals surface area contributed by atoms with Crippen molar-refractivity contribution in [2.45, 2.75) is 37.8 Å². The number of aromatic nitrogens is 2. The number of aliphatic imine (C=N–C) groups is 1. The number of aromatic amines is 1. The van der Waals surface area contributed by atoms with E-state index in [0.29, 0.717) is 14.5 Å². The number of nitrogens with zero attached hydrogens (tertiary/aromatic N) is 2. The number of carbonyl (C=O) groups is 1. The summed E-state index contributed by atoms with van der Waals surface area (Å²) >= 11 is 6.24. The van der Waals surface area contributed by atoms with Crippen molar-refractivity contribution >= 4 is 35.6 Å². The molecule has 26 heavy (non-hydrogen) atoms. The Morgan fingerprint density at radius 1 is 1.38 bits per heavy atom. The summed E-state index contributed by atoms with van der Waals surface area (Å²) < 4.78 is 5.20. The molecule has 1 heterocycles. The highest BCUT2D eigenvalue weighted by molar-refractivity contribution is 7.73. The zero-order valence-electron chi connectivity index (χ0n) is 14.9. The maximum absolute atomic E-state index is 12.4. The van der Waals surface area contributed by atoms with Gasteiger partial charge in [-0.1, -0.05) is 56.4 Å². The number of hydrogen-bond donors (Lipinski definition) is 2. The van der Waals surface area contributed by atoms with Crippen LogP contribution in [0.15, 0.2) is 29.3 Å². The van der Waals surface area contributed by atoms with Crippen LogP contribution >= 0.6 is 23.6 Å². The van der Waals surface area contributed by atoms with Crippen molar-refractivity contribution in [2.24, 2.45) is 10.7 Å². The minimum Gasteiger partial charge on any atom is -0.466 e. The average molecular weight is 393 g/mol. The quantitative estimate of drug-likeness (QED) is 0.350. The number of carbonyl (C=O) groups excluding carboxylic acids is 2. The van der Waals surface area contributed by atoms with E-state index in [-0.39, 0.29) is 5.41 Å². The van der Waals surface area contributed by atoms with Gasteiger partial charge in [0.1, 0.15) is 5.01 Å². The van der Waals surface area contributed by atoms with Gasteiger partial charge in [-0.2, -0.15) is 10.1 Å². The second-order valence-corrected chi connectivity index (χ2v) is 8.47. The van der Waals surface area contributed by atoms with E-state index < -0.39 is 17.6 Å². The molecule has 7 nitrogen and oxygen atoms in total. The number of rotatable bonds is 5. The lowest BCUT2D eigenvalue weighted by Gasteiger charge is -2.29. The van der Waals surface area contributed by atoms with Gasteiger partial charge in [0.2, 0.25) is 11.7 Å². The first-order chi connectivity index (χ1) is 12.1. The maximum atomic E-state index is 12.4. The van der Waals surface area contributed by atoms with Crippen molar-refractivity contribution in [1.29, 1.82) is 0 Å². The van der Waals surface area contributed by atoms with Crippen LogP contribution in [0.1, 0.15) is 42.8 Å². The Hall–Kier alpha value is -2.19. The predicted octanol–water partition coefficient (Wildman–Crippen LogP) is 2.79. The molecule has 0 spiro atoms. The fourth-order valence-corrected chi connectivity index (χ4v) is 3.70. The molecule has 3 N–H and O–H groups in total. The third kappa shape index (κ3) is 3.96. The van der Waals surface area contributed by atoms with E-state index in [0.717, 1.165) is 16.9 Å². The number of ether oxygens (including phenoxy) is 1. The fraction of sp³-hybridized carbons (Fsp3) is 0.412. The van der Waals surface area contributed by atoms with Crippen molar-refractivity contribution < 1.29 is 14.3 Å². The van der Waals surface area contributed by atoms with Crippen LogP contribution in [0.3, 0.4) is 0 Å². The molecule has 0 aliphatic carbocycles. The SMILES string of the molecule is COC(=O)[C@@](N)(N=C=O)C(c1ccc(C(C)(C)C)cc1)c1n[nH]c(=S)s1. The summed E-state index contributed by atoms with van der Waals surface area (Å²) in [6, 6.07) is 7.55. The van der Waals surface area contributed by atoms with Gasteiger partial charge in [-0.3, -0.25) is 10.8 Å². The standard InChI is InChI=1S/C17H20N4O3S2/c1-16(2,3)11-7-5-10(6-8-11)12(13-20-21-15(25)26-13)17(18,19-9-22)14(23)24-4/h5-8,12H,18H2,1-4H3,(H,21,25)/t12?,17-/m0/s1. The lowest BCUT2D eigenvalue weighted by atomic mass is 9.83. The van der Waals surface area contributed by atoms with Crippen LogP contribution in [0.5, 0.6) is 0 Å². The molecule has 0 amide bonds. The zero-order valence-corrected chi connectivity index (χ0v) is 16.5. The van der Waals surface area contributed by atoms with Gasteiger partial charge in [-0.15, -0.1) is 0 Å². The van der Waals surface area contributed by atoms with Gasteiger partial charge in [0.05, 0.1) is 13.0 Å². The lowest BCUT2D eigenvalue weighted by Crippen LogP contribution is -2.52. The van der Waals surface area contributed by atoms with Crippen LogP contribution in [0.2, 0.25) is 0 Å². The van der Waals surface area contributed by atoms with E-state index in [9.17, 15) is 9.59 Å². The Morgan fingerprint density at radius 2 is 2.00 bits per heavy atom. The molecule has 0 aliphatic rings. The van der Waals surface area contributed by atoms with Crippen molar-refractivity contribution in [1.82, 2.24) is 10.2 Å². The van der Waals surface area contributed by atoms with E-state index in [1.807, 2.05) is 24.3 Å². The number of benzene rings is 1. The Bertz CT molecular complexity index is 892. The third-order valence-corrected chi connectivity index (χ3v) is 5.15. The van der Waals surface area contributed by atoms with E-state index in [4.69, 9.17) is 22.7 Å². The highest BCUT2D eigenvalue weighted by Gasteiger charge is 2.47. The summed E-state index contributed by atoms with van der Waals surface area (Å²) in [6.07, 6.45) is 1.38. The van der Waals surface area contributed by atoms with Gasteiger partial charge >= 0.3 is 5.97 Å². The predicted molar refractivity (Wildman–Crippen MR) is 101 cm³/mol. The molecule has 2 aromatic rings. The zero-order chi connectivity index (χ0) is 19.5. The number of methoxy groups -OCH3 is 1. The Labute approximate surface area is 160 Å². The first-order valence-corrected chi connectivity index (χ1v) is 8.98. The Morgan fingerprint density at radius 3 is 2.42 bits per heavy atom. The summed E-state index contributed by atoms with van der Waals surface area (Å²) in [4.78, 5) is 26.9. The molecule has 2 atom stereocenters. The molecular weight excluding hydrogens is 372 g/mol. The van der Waals surface area contributed by atoms with Crippen LogP contribution in [-0.2, 0) is 19.7 Å². The van der Waals surface area contributed by atoms with Crippen LogP contribution < -0.4 is 5.73 Å². The molecule has 2 rings (SSSR count). The van der Waals surface area contributed by atoms with Gasteiger partial charge in [0, 0.05) is 0 Å². The summed E-state index contributed by atoms with van der Waals surface area (Å²) in [6.45, 7) is 6.28. The Kier molecular flexibility index (Phi) is 5.87. The lowest BCUT2D eigenvalue weighted by molar-refractivity contribution is -0.147. The number of hydrogen-bond acceptors (Lipinski definition) is 8. The van der Waals surface area contributed by atoms with Gasteiger partial charge < -0.3 is 4.74 Å². The van der Waals surface area contributed by atoms with Crippen molar-refractivity contribution in [3.8, 4) is 0 Å². The van der Waals surface area contributed by atoms with E-state index in [1.165, 1.54) is 13.2 Å². The fourth-order valence-electron chi connectivity index (χ4n) is 2.59. The molecular formula is C17H20N4O3S2. The molecule has 1 aromatic heterocycles. The summed E-state index contributed by atoms with van der Waals surface area (Å²) in [5, 5.41) is 7.22. The Balaban J connectivity index is 2.67. The molecule has 9 heteroatoms. The normalized spacial score (nSPS) is 14.8. The van der Waals surface area contributed by atoms with Gasteiger partial charge in [0.15, 0.2) is 3.95 Å². The van der Waals surface area contributed by atoms with Crippen molar-refractivity contribution in [3.63, 3.8) is 0 Å². The number of isocyanates is 1. The van der Waals surface area contributed by atoms with Crippen LogP contribution in [-0.4, -0.2) is 35.0 Å². The van der Waals surface area contributed by atoms with E-state index >= 15 is 0 Å². The van der Waals surface area contributed by atoms with E-state index in [1.54, 1.807) is 0 Å². The molecule has 0 radical (unpaired) electrons. The molecule has 0 fully saturated rings. The highest BCUT2D eigenvalue weighted by atomic mass is 32.1. The molecule has 1 aromatic carbocycles. The minimum absolute atomic E-state index is 0.0418. The first-order valence-electron chi connectivity index (χ1n) is 7.75. The number of nitrogens with one attached hydrogen (secondary N) is 1. The molecule has 0 bridgehead atoms. The van der Waals surface area contributed by atoms with Crippen LogP contribution in [0.4, 0.5) is 0 Å². The summed E-state index contributed by atoms with van der Waals surface area (Å²) in [7, 11) is 1.18. The maximum Gasteiger partial charge on any atom is 0.350 e. The first kappa shape index (κ1) is 20.1. The monoisotopic (exact) mass is 392 g/mol. The smallest absolute Gasteiger partial charge is 0.350 e. The van der Waals surface area contributed by atoms with E-state index in [2.05, 4.69) is 36.0 Å². The van der Waals surface area contributed by atoms with Crippen molar-refractivity contribution in [2.75, 3.05) is 7.11 Å². The molecule has 138 valence electrons. The van der Waals surface area contributed by atoms with Gasteiger partial charge in [-0.05, 0) is 28.8 Å². The van der Waals surface area contributed by atoms with Crippen molar-refractivity contribution in [3.05, 3.63) is 44.4 Å².